The minimum atomic E-state index is -4.52. The quantitative estimate of drug-likeness (QED) is 0.803. The summed E-state index contributed by atoms with van der Waals surface area (Å²) < 4.78 is 37.7. The van der Waals surface area contributed by atoms with Gasteiger partial charge in [-0.2, -0.15) is 13.2 Å². The van der Waals surface area contributed by atoms with Gasteiger partial charge in [-0.05, 0) is 18.2 Å². The molecule has 0 radical (unpaired) electrons. The Morgan fingerprint density at radius 1 is 1.39 bits per heavy atom. The number of carbonyl (C=O) groups is 1. The number of phenols is 1. The molecule has 1 aromatic rings. The molecule has 0 spiro atoms. The van der Waals surface area contributed by atoms with Gasteiger partial charge < -0.3 is 15.7 Å². The van der Waals surface area contributed by atoms with Crippen LogP contribution < -0.4 is 10.6 Å². The van der Waals surface area contributed by atoms with E-state index in [4.69, 9.17) is 5.73 Å². The van der Waals surface area contributed by atoms with Gasteiger partial charge in [0, 0.05) is 19.0 Å². The predicted octanol–water partition coefficient (Wildman–Crippen LogP) is 1.47. The summed E-state index contributed by atoms with van der Waals surface area (Å²) in [5, 5.41) is 9.56. The van der Waals surface area contributed by atoms with E-state index < -0.39 is 23.7 Å². The molecule has 7 heteroatoms. The Hall–Kier alpha value is -1.76. The maximum Gasteiger partial charge on any atom is 0.416 e. The molecule has 1 amide bonds. The van der Waals surface area contributed by atoms with Gasteiger partial charge >= 0.3 is 6.18 Å². The number of benzene rings is 1. The van der Waals surface area contributed by atoms with E-state index in [2.05, 4.69) is 0 Å². The molecular formula is C11H11F3N2O2. The molecule has 1 saturated heterocycles. The number of anilines is 1. The fourth-order valence-corrected chi connectivity index (χ4v) is 1.88. The normalized spacial score (nSPS) is 20.6. The lowest BCUT2D eigenvalue weighted by atomic mass is 10.1. The zero-order chi connectivity index (χ0) is 13.5. The van der Waals surface area contributed by atoms with Crippen molar-refractivity contribution in [3.63, 3.8) is 0 Å². The van der Waals surface area contributed by atoms with Gasteiger partial charge in [-0.3, -0.25) is 4.79 Å². The third-order valence-corrected chi connectivity index (χ3v) is 2.75. The molecule has 1 atom stereocenters. The highest BCUT2D eigenvalue weighted by atomic mass is 19.4. The Labute approximate surface area is 101 Å². The van der Waals surface area contributed by atoms with Crippen molar-refractivity contribution in [2.75, 3.05) is 11.4 Å². The molecule has 1 aromatic carbocycles. The van der Waals surface area contributed by atoms with Gasteiger partial charge in [-0.1, -0.05) is 0 Å². The first kappa shape index (κ1) is 12.7. The summed E-state index contributed by atoms with van der Waals surface area (Å²) in [7, 11) is 0. The molecule has 0 aliphatic carbocycles. The summed E-state index contributed by atoms with van der Waals surface area (Å²) in [6.45, 7) is 0.105. The highest BCUT2D eigenvalue weighted by molar-refractivity contribution is 5.97. The molecule has 0 saturated carbocycles. The van der Waals surface area contributed by atoms with Crippen LogP contribution in [-0.2, 0) is 11.0 Å². The van der Waals surface area contributed by atoms with Crippen molar-refractivity contribution in [1.82, 2.24) is 0 Å². The number of hydrogen-bond donors (Lipinski definition) is 2. The molecule has 18 heavy (non-hydrogen) atoms. The molecule has 1 aliphatic heterocycles. The summed E-state index contributed by atoms with van der Waals surface area (Å²) in [5.74, 6) is -0.762. The minimum absolute atomic E-state index is 0.0652. The molecule has 1 heterocycles. The maximum atomic E-state index is 12.6. The van der Waals surface area contributed by atoms with Crippen molar-refractivity contribution in [2.24, 2.45) is 5.73 Å². The van der Waals surface area contributed by atoms with Gasteiger partial charge in [-0.15, -0.1) is 0 Å². The van der Waals surface area contributed by atoms with Crippen LogP contribution in [0.15, 0.2) is 18.2 Å². The fourth-order valence-electron chi connectivity index (χ4n) is 1.88. The average molecular weight is 260 g/mol. The molecule has 1 aliphatic rings. The van der Waals surface area contributed by atoms with Crippen LogP contribution in [0.5, 0.6) is 5.75 Å². The van der Waals surface area contributed by atoms with E-state index >= 15 is 0 Å². The number of phenolic OH excluding ortho intramolecular Hbond substituents is 1. The minimum Gasteiger partial charge on any atom is -0.506 e. The predicted molar refractivity (Wildman–Crippen MR) is 58.1 cm³/mol. The van der Waals surface area contributed by atoms with Crippen LogP contribution in [0.2, 0.25) is 0 Å². The summed E-state index contributed by atoms with van der Waals surface area (Å²) >= 11 is 0. The van der Waals surface area contributed by atoms with Gasteiger partial charge in [-0.25, -0.2) is 0 Å². The maximum absolute atomic E-state index is 12.6. The van der Waals surface area contributed by atoms with Gasteiger partial charge in [0.25, 0.3) is 0 Å². The van der Waals surface area contributed by atoms with E-state index in [9.17, 15) is 23.1 Å². The van der Waals surface area contributed by atoms with Crippen molar-refractivity contribution < 1.29 is 23.1 Å². The monoisotopic (exact) mass is 260 g/mol. The Morgan fingerprint density at radius 2 is 2.06 bits per heavy atom. The molecule has 1 fully saturated rings. The van der Waals surface area contributed by atoms with Crippen LogP contribution in [0.1, 0.15) is 12.0 Å². The second-order valence-corrected chi connectivity index (χ2v) is 4.17. The molecule has 3 N–H and O–H groups in total. The van der Waals surface area contributed by atoms with E-state index in [0.29, 0.717) is 0 Å². The molecule has 1 unspecified atom stereocenters. The van der Waals surface area contributed by atoms with E-state index in [1.807, 2.05) is 0 Å². The lowest BCUT2D eigenvalue weighted by molar-refractivity contribution is -0.137. The second kappa shape index (κ2) is 4.16. The summed E-state index contributed by atoms with van der Waals surface area (Å²) in [5.41, 5.74) is 4.50. The van der Waals surface area contributed by atoms with Crippen molar-refractivity contribution in [3.05, 3.63) is 23.8 Å². The topological polar surface area (TPSA) is 66.6 Å². The number of aromatic hydroxyl groups is 1. The number of alkyl halides is 3. The van der Waals surface area contributed by atoms with E-state index in [1.54, 1.807) is 0 Å². The number of hydrogen-bond acceptors (Lipinski definition) is 3. The first-order valence-corrected chi connectivity index (χ1v) is 5.25. The number of rotatable bonds is 1. The second-order valence-electron chi connectivity index (χ2n) is 4.17. The lowest BCUT2D eigenvalue weighted by Gasteiger charge is -2.19. The van der Waals surface area contributed by atoms with Crippen molar-refractivity contribution in [3.8, 4) is 5.75 Å². The number of nitrogens with two attached hydrogens (primary N) is 1. The zero-order valence-corrected chi connectivity index (χ0v) is 9.24. The number of nitrogens with zero attached hydrogens (tertiary/aromatic N) is 1. The van der Waals surface area contributed by atoms with Crippen LogP contribution >= 0.6 is 0 Å². The van der Waals surface area contributed by atoms with Crippen LogP contribution in [0, 0.1) is 0 Å². The molecular weight excluding hydrogens is 249 g/mol. The zero-order valence-electron chi connectivity index (χ0n) is 9.24. The fraction of sp³-hybridized carbons (Fsp3) is 0.364. The third-order valence-electron chi connectivity index (χ3n) is 2.75. The Morgan fingerprint density at radius 3 is 2.56 bits per heavy atom. The average Bonchev–Trinajstić information content (AvgIpc) is 2.56. The highest BCUT2D eigenvalue weighted by Crippen LogP contribution is 2.37. The SMILES string of the molecule is NC1CC(=O)N(c2cc(C(F)(F)F)ccc2O)C1. The Kier molecular flexibility index (Phi) is 2.94. The Balaban J connectivity index is 2.41. The van der Waals surface area contributed by atoms with Gasteiger partial charge in [0.05, 0.1) is 11.3 Å². The van der Waals surface area contributed by atoms with Crippen LogP contribution in [0.3, 0.4) is 0 Å². The van der Waals surface area contributed by atoms with Crippen molar-refractivity contribution in [2.45, 2.75) is 18.6 Å². The van der Waals surface area contributed by atoms with Crippen LogP contribution in [0.4, 0.5) is 18.9 Å². The van der Waals surface area contributed by atoms with Crippen LogP contribution in [-0.4, -0.2) is 23.6 Å². The van der Waals surface area contributed by atoms with Gasteiger partial charge in [0.15, 0.2) is 0 Å². The number of halogens is 3. The van der Waals surface area contributed by atoms with E-state index in [-0.39, 0.29) is 24.4 Å². The van der Waals surface area contributed by atoms with Crippen molar-refractivity contribution in [1.29, 1.82) is 0 Å². The standard InChI is InChI=1S/C11H11F3N2O2/c12-11(13,14)6-1-2-9(17)8(3-6)16-5-7(15)4-10(16)18/h1-3,7,17H,4-5,15H2. The summed E-state index contributed by atoms with van der Waals surface area (Å²) in [6.07, 6.45) is -4.46. The lowest BCUT2D eigenvalue weighted by Crippen LogP contribution is -2.28. The molecule has 4 nitrogen and oxygen atoms in total. The molecule has 0 aromatic heterocycles. The smallest absolute Gasteiger partial charge is 0.416 e. The van der Waals surface area contributed by atoms with E-state index in [0.717, 1.165) is 23.1 Å². The van der Waals surface area contributed by atoms with Crippen molar-refractivity contribution >= 4 is 11.6 Å². The first-order chi connectivity index (χ1) is 8.29. The van der Waals surface area contributed by atoms with E-state index in [1.165, 1.54) is 0 Å². The summed E-state index contributed by atoms with van der Waals surface area (Å²) in [4.78, 5) is 12.6. The van der Waals surface area contributed by atoms with Crippen LogP contribution in [0.25, 0.3) is 0 Å². The Bertz CT molecular complexity index is 488. The molecule has 2 rings (SSSR count). The largest absolute Gasteiger partial charge is 0.506 e. The van der Waals surface area contributed by atoms with Gasteiger partial charge in [0.2, 0.25) is 5.91 Å². The van der Waals surface area contributed by atoms with Gasteiger partial charge in [0.1, 0.15) is 5.75 Å². The molecule has 98 valence electrons. The summed E-state index contributed by atoms with van der Waals surface area (Å²) in [6, 6.07) is 2.02. The third kappa shape index (κ3) is 2.26. The number of amides is 1. The highest BCUT2D eigenvalue weighted by Gasteiger charge is 2.34. The number of carbonyl (C=O) groups excluding carboxylic acids is 1. The first-order valence-electron chi connectivity index (χ1n) is 5.25. The molecule has 0 bridgehead atoms.